The molecule has 1 aromatic heterocycles. The summed E-state index contributed by atoms with van der Waals surface area (Å²) in [7, 11) is 0. The van der Waals surface area contributed by atoms with Crippen LogP contribution in [0.25, 0.3) is 11.0 Å². The summed E-state index contributed by atoms with van der Waals surface area (Å²) in [4.78, 5) is 0. The van der Waals surface area contributed by atoms with Crippen LogP contribution in [0.3, 0.4) is 0 Å². The maximum atomic E-state index is 5.93. The molecule has 0 saturated heterocycles. The highest BCUT2D eigenvalue weighted by Crippen LogP contribution is 2.29. The standard InChI is InChI=1S/C18H25NO/c1-13-6-5-7-15(10-13)12-19-14(2)18-11-16-8-3-4-9-17(16)20-18/h3-4,8-9,11,13-15,19H,5-7,10,12H2,1-2H3. The number of furan rings is 1. The molecule has 1 aliphatic carbocycles. The van der Waals surface area contributed by atoms with Crippen molar-refractivity contribution in [3.05, 3.63) is 36.1 Å². The third kappa shape index (κ3) is 3.06. The summed E-state index contributed by atoms with van der Waals surface area (Å²) in [6.07, 6.45) is 5.56. The van der Waals surface area contributed by atoms with Gasteiger partial charge >= 0.3 is 0 Å². The molecule has 2 heteroatoms. The van der Waals surface area contributed by atoms with E-state index in [1.165, 1.54) is 31.1 Å². The molecule has 1 heterocycles. The minimum Gasteiger partial charge on any atom is -0.459 e. The zero-order valence-electron chi connectivity index (χ0n) is 12.6. The number of benzene rings is 1. The van der Waals surface area contributed by atoms with Gasteiger partial charge in [-0.1, -0.05) is 38.0 Å². The molecule has 108 valence electrons. The van der Waals surface area contributed by atoms with Crippen molar-refractivity contribution in [2.24, 2.45) is 11.8 Å². The third-order valence-electron chi connectivity index (χ3n) is 4.63. The first kappa shape index (κ1) is 13.7. The van der Waals surface area contributed by atoms with Gasteiger partial charge in [0.25, 0.3) is 0 Å². The minimum atomic E-state index is 0.291. The van der Waals surface area contributed by atoms with Crippen LogP contribution in [0.15, 0.2) is 34.7 Å². The molecule has 1 fully saturated rings. The Kier molecular flexibility index (Phi) is 4.11. The van der Waals surface area contributed by atoms with Gasteiger partial charge in [0.1, 0.15) is 11.3 Å². The SMILES string of the molecule is CC1CCCC(CNC(C)c2cc3ccccc3o2)C1. The second-order valence-electron chi connectivity index (χ2n) is 6.45. The van der Waals surface area contributed by atoms with E-state index in [2.05, 4.69) is 37.4 Å². The molecule has 3 unspecified atom stereocenters. The van der Waals surface area contributed by atoms with Crippen LogP contribution in [-0.2, 0) is 0 Å². The van der Waals surface area contributed by atoms with Gasteiger partial charge in [-0.25, -0.2) is 0 Å². The summed E-state index contributed by atoms with van der Waals surface area (Å²) in [5, 5.41) is 4.85. The minimum absolute atomic E-state index is 0.291. The van der Waals surface area contributed by atoms with E-state index >= 15 is 0 Å². The fraction of sp³-hybridized carbons (Fsp3) is 0.556. The van der Waals surface area contributed by atoms with E-state index in [1.54, 1.807) is 0 Å². The number of rotatable bonds is 4. The first-order valence-corrected chi connectivity index (χ1v) is 7.94. The molecule has 0 bridgehead atoms. The van der Waals surface area contributed by atoms with E-state index < -0.39 is 0 Å². The van der Waals surface area contributed by atoms with Crippen LogP contribution in [0, 0.1) is 11.8 Å². The number of para-hydroxylation sites is 1. The maximum absolute atomic E-state index is 5.93. The van der Waals surface area contributed by atoms with E-state index in [0.29, 0.717) is 6.04 Å². The average molecular weight is 271 g/mol. The lowest BCUT2D eigenvalue weighted by molar-refractivity contribution is 0.265. The number of hydrogen-bond acceptors (Lipinski definition) is 2. The lowest BCUT2D eigenvalue weighted by atomic mass is 9.82. The fourth-order valence-electron chi connectivity index (χ4n) is 3.40. The summed E-state index contributed by atoms with van der Waals surface area (Å²) >= 11 is 0. The highest BCUT2D eigenvalue weighted by atomic mass is 16.3. The van der Waals surface area contributed by atoms with Crippen LogP contribution in [0.1, 0.15) is 51.3 Å². The van der Waals surface area contributed by atoms with Gasteiger partial charge < -0.3 is 9.73 Å². The zero-order chi connectivity index (χ0) is 13.9. The smallest absolute Gasteiger partial charge is 0.134 e. The molecule has 0 spiro atoms. The molecule has 0 aliphatic heterocycles. The molecular formula is C18H25NO. The fourth-order valence-corrected chi connectivity index (χ4v) is 3.40. The van der Waals surface area contributed by atoms with Gasteiger partial charge in [-0.05, 0) is 50.3 Å². The molecule has 1 aliphatic rings. The Balaban J connectivity index is 1.59. The summed E-state index contributed by atoms with van der Waals surface area (Å²) < 4.78 is 5.93. The van der Waals surface area contributed by atoms with Gasteiger partial charge in [0.2, 0.25) is 0 Å². The van der Waals surface area contributed by atoms with E-state index in [0.717, 1.165) is 29.7 Å². The van der Waals surface area contributed by atoms with Crippen molar-refractivity contribution >= 4 is 11.0 Å². The first-order valence-electron chi connectivity index (χ1n) is 7.94. The predicted molar refractivity (Wildman–Crippen MR) is 83.8 cm³/mol. The Bertz CT molecular complexity index is 526. The quantitative estimate of drug-likeness (QED) is 0.854. The highest BCUT2D eigenvalue weighted by molar-refractivity contribution is 5.77. The Morgan fingerprint density at radius 2 is 2.15 bits per heavy atom. The van der Waals surface area contributed by atoms with Gasteiger partial charge in [-0.3, -0.25) is 0 Å². The zero-order valence-corrected chi connectivity index (χ0v) is 12.6. The summed E-state index contributed by atoms with van der Waals surface area (Å²) in [5.41, 5.74) is 0.988. The van der Waals surface area contributed by atoms with Crippen molar-refractivity contribution < 1.29 is 4.42 Å². The Morgan fingerprint density at radius 1 is 1.30 bits per heavy atom. The van der Waals surface area contributed by atoms with E-state index in [4.69, 9.17) is 4.42 Å². The Morgan fingerprint density at radius 3 is 2.95 bits per heavy atom. The molecule has 2 aromatic rings. The topological polar surface area (TPSA) is 25.2 Å². The molecule has 20 heavy (non-hydrogen) atoms. The van der Waals surface area contributed by atoms with Crippen molar-refractivity contribution in [3.63, 3.8) is 0 Å². The van der Waals surface area contributed by atoms with Crippen molar-refractivity contribution in [1.29, 1.82) is 0 Å². The lowest BCUT2D eigenvalue weighted by Crippen LogP contribution is -2.28. The van der Waals surface area contributed by atoms with Gasteiger partial charge in [0.15, 0.2) is 0 Å². The van der Waals surface area contributed by atoms with Crippen molar-refractivity contribution in [3.8, 4) is 0 Å². The van der Waals surface area contributed by atoms with Crippen LogP contribution in [0.2, 0.25) is 0 Å². The number of nitrogens with one attached hydrogen (secondary N) is 1. The normalized spacial score (nSPS) is 24.9. The van der Waals surface area contributed by atoms with Gasteiger partial charge in [-0.15, -0.1) is 0 Å². The van der Waals surface area contributed by atoms with Crippen molar-refractivity contribution in [2.45, 2.75) is 45.6 Å². The monoisotopic (exact) mass is 271 g/mol. The van der Waals surface area contributed by atoms with Crippen molar-refractivity contribution in [2.75, 3.05) is 6.54 Å². The first-order chi connectivity index (χ1) is 9.72. The molecule has 3 atom stereocenters. The largest absolute Gasteiger partial charge is 0.459 e. The molecule has 1 N–H and O–H groups in total. The Hall–Kier alpha value is -1.28. The van der Waals surface area contributed by atoms with Gasteiger partial charge in [-0.2, -0.15) is 0 Å². The van der Waals surface area contributed by atoms with Gasteiger partial charge in [0, 0.05) is 5.39 Å². The predicted octanol–water partition coefficient (Wildman–Crippen LogP) is 4.91. The second kappa shape index (κ2) is 6.01. The maximum Gasteiger partial charge on any atom is 0.134 e. The highest BCUT2D eigenvalue weighted by Gasteiger charge is 2.20. The van der Waals surface area contributed by atoms with Crippen LogP contribution in [0.4, 0.5) is 0 Å². The van der Waals surface area contributed by atoms with E-state index in [-0.39, 0.29) is 0 Å². The molecule has 2 nitrogen and oxygen atoms in total. The number of fused-ring (bicyclic) bond motifs is 1. The van der Waals surface area contributed by atoms with Crippen LogP contribution < -0.4 is 5.32 Å². The third-order valence-corrected chi connectivity index (χ3v) is 4.63. The molecular weight excluding hydrogens is 246 g/mol. The summed E-state index contributed by atoms with van der Waals surface area (Å²) in [5.74, 6) is 2.79. The molecule has 0 radical (unpaired) electrons. The van der Waals surface area contributed by atoms with E-state index in [1.807, 2.05) is 12.1 Å². The lowest BCUT2D eigenvalue weighted by Gasteiger charge is -2.27. The molecule has 3 rings (SSSR count). The van der Waals surface area contributed by atoms with Crippen LogP contribution in [-0.4, -0.2) is 6.54 Å². The van der Waals surface area contributed by atoms with E-state index in [9.17, 15) is 0 Å². The van der Waals surface area contributed by atoms with Gasteiger partial charge in [0.05, 0.1) is 6.04 Å². The summed E-state index contributed by atoms with van der Waals surface area (Å²) in [6.45, 7) is 5.70. The number of hydrogen-bond donors (Lipinski definition) is 1. The summed E-state index contributed by atoms with van der Waals surface area (Å²) in [6, 6.07) is 10.7. The second-order valence-corrected chi connectivity index (χ2v) is 6.45. The molecule has 0 amide bonds. The van der Waals surface area contributed by atoms with Crippen LogP contribution >= 0.6 is 0 Å². The molecule has 1 aromatic carbocycles. The van der Waals surface area contributed by atoms with Crippen LogP contribution in [0.5, 0.6) is 0 Å². The Labute approximate surface area is 121 Å². The average Bonchev–Trinajstić information content (AvgIpc) is 2.89. The van der Waals surface area contributed by atoms with Crippen molar-refractivity contribution in [1.82, 2.24) is 5.32 Å². The molecule has 1 saturated carbocycles.